The van der Waals surface area contributed by atoms with Crippen LogP contribution < -0.4 is 5.32 Å². The Morgan fingerprint density at radius 2 is 1.63 bits per heavy atom. The van der Waals surface area contributed by atoms with Crippen LogP contribution >= 0.6 is 0 Å². The standard InChI is InChI=1S/C21H23N3O3/c1-3-23(2)13-16-8-6-7-15(11-16)12-22-19(25)14-24-20(26)17-9-4-5-10-18(17)21(24)27/h4-11H,3,12-14H2,1-2H3,(H,22,25). The summed E-state index contributed by atoms with van der Waals surface area (Å²) < 4.78 is 0. The van der Waals surface area contributed by atoms with Crippen molar-refractivity contribution in [2.24, 2.45) is 0 Å². The van der Waals surface area contributed by atoms with Crippen molar-refractivity contribution < 1.29 is 14.4 Å². The number of amides is 3. The molecule has 0 unspecified atom stereocenters. The van der Waals surface area contributed by atoms with Crippen LogP contribution in [0.15, 0.2) is 48.5 Å². The highest BCUT2D eigenvalue weighted by Crippen LogP contribution is 2.21. The lowest BCUT2D eigenvalue weighted by Crippen LogP contribution is -2.40. The van der Waals surface area contributed by atoms with Crippen molar-refractivity contribution in [1.82, 2.24) is 15.1 Å². The smallest absolute Gasteiger partial charge is 0.262 e. The van der Waals surface area contributed by atoms with E-state index >= 15 is 0 Å². The average molecular weight is 365 g/mol. The molecule has 0 spiro atoms. The van der Waals surface area contributed by atoms with E-state index in [1.165, 1.54) is 5.56 Å². The fraction of sp³-hybridized carbons (Fsp3) is 0.286. The van der Waals surface area contributed by atoms with E-state index in [-0.39, 0.29) is 12.5 Å². The van der Waals surface area contributed by atoms with Gasteiger partial charge in [0.25, 0.3) is 11.8 Å². The van der Waals surface area contributed by atoms with E-state index < -0.39 is 11.8 Å². The summed E-state index contributed by atoms with van der Waals surface area (Å²) in [7, 11) is 2.05. The largest absolute Gasteiger partial charge is 0.350 e. The first-order valence-corrected chi connectivity index (χ1v) is 8.98. The number of benzene rings is 2. The first kappa shape index (κ1) is 18.8. The topological polar surface area (TPSA) is 69.7 Å². The van der Waals surface area contributed by atoms with Crippen LogP contribution in [0.5, 0.6) is 0 Å². The van der Waals surface area contributed by atoms with Gasteiger partial charge in [-0.05, 0) is 36.9 Å². The molecule has 0 aliphatic carbocycles. The summed E-state index contributed by atoms with van der Waals surface area (Å²) in [4.78, 5) is 40.1. The minimum Gasteiger partial charge on any atom is -0.350 e. The number of imide groups is 1. The van der Waals surface area contributed by atoms with Crippen LogP contribution in [0.1, 0.15) is 38.8 Å². The molecule has 6 heteroatoms. The lowest BCUT2D eigenvalue weighted by Gasteiger charge is -2.15. The summed E-state index contributed by atoms with van der Waals surface area (Å²) in [6.07, 6.45) is 0. The molecule has 2 aromatic rings. The zero-order valence-corrected chi connectivity index (χ0v) is 15.6. The fourth-order valence-corrected chi connectivity index (χ4v) is 3.04. The number of rotatable bonds is 7. The van der Waals surface area contributed by atoms with E-state index in [2.05, 4.69) is 36.3 Å². The van der Waals surface area contributed by atoms with Crippen molar-refractivity contribution in [3.63, 3.8) is 0 Å². The second kappa shape index (κ2) is 8.14. The first-order valence-electron chi connectivity index (χ1n) is 8.98. The number of fused-ring (bicyclic) bond motifs is 1. The Bertz CT molecular complexity index is 843. The molecule has 0 saturated carbocycles. The number of hydrogen-bond acceptors (Lipinski definition) is 4. The van der Waals surface area contributed by atoms with Crippen molar-refractivity contribution >= 4 is 17.7 Å². The molecule has 1 aliphatic rings. The molecule has 140 valence electrons. The Labute approximate surface area is 158 Å². The summed E-state index contributed by atoms with van der Waals surface area (Å²) in [5.74, 6) is -1.20. The lowest BCUT2D eigenvalue weighted by atomic mass is 10.1. The highest BCUT2D eigenvalue weighted by atomic mass is 16.2. The summed E-state index contributed by atoms with van der Waals surface area (Å²) in [6, 6.07) is 14.6. The molecule has 2 aromatic carbocycles. The molecule has 27 heavy (non-hydrogen) atoms. The Kier molecular flexibility index (Phi) is 5.66. The zero-order valence-electron chi connectivity index (χ0n) is 15.6. The van der Waals surface area contributed by atoms with Crippen LogP contribution in [0.4, 0.5) is 0 Å². The van der Waals surface area contributed by atoms with Crippen LogP contribution in [0.25, 0.3) is 0 Å². The van der Waals surface area contributed by atoms with Gasteiger partial charge in [0.2, 0.25) is 5.91 Å². The van der Waals surface area contributed by atoms with Crippen molar-refractivity contribution in [2.75, 3.05) is 20.1 Å². The summed E-state index contributed by atoms with van der Waals surface area (Å²) >= 11 is 0. The normalized spacial score (nSPS) is 13.2. The molecule has 0 fully saturated rings. The van der Waals surface area contributed by atoms with Crippen LogP contribution in [0.2, 0.25) is 0 Å². The van der Waals surface area contributed by atoms with E-state index in [9.17, 15) is 14.4 Å². The number of nitrogens with one attached hydrogen (secondary N) is 1. The van der Waals surface area contributed by atoms with Gasteiger partial charge in [-0.15, -0.1) is 0 Å². The third kappa shape index (κ3) is 4.23. The molecule has 0 radical (unpaired) electrons. The van der Waals surface area contributed by atoms with Gasteiger partial charge in [0.15, 0.2) is 0 Å². The maximum atomic E-state index is 12.3. The maximum absolute atomic E-state index is 12.3. The Morgan fingerprint density at radius 1 is 1.00 bits per heavy atom. The van der Waals surface area contributed by atoms with Crippen molar-refractivity contribution in [3.05, 3.63) is 70.8 Å². The molecule has 1 aliphatic heterocycles. The molecule has 1 N–H and O–H groups in total. The number of nitrogens with zero attached hydrogens (tertiary/aromatic N) is 2. The Morgan fingerprint density at radius 3 is 2.26 bits per heavy atom. The first-order chi connectivity index (χ1) is 13.0. The van der Waals surface area contributed by atoms with Gasteiger partial charge in [-0.2, -0.15) is 0 Å². The van der Waals surface area contributed by atoms with Gasteiger partial charge in [0.1, 0.15) is 6.54 Å². The molecule has 6 nitrogen and oxygen atoms in total. The van der Waals surface area contributed by atoms with Crippen molar-refractivity contribution in [1.29, 1.82) is 0 Å². The van der Waals surface area contributed by atoms with Crippen LogP contribution in [0, 0.1) is 0 Å². The van der Waals surface area contributed by atoms with Crippen molar-refractivity contribution in [2.45, 2.75) is 20.0 Å². The van der Waals surface area contributed by atoms with E-state index in [0.717, 1.165) is 23.6 Å². The summed E-state index contributed by atoms with van der Waals surface area (Å²) in [5.41, 5.74) is 2.85. The molecule has 3 rings (SSSR count). The van der Waals surface area contributed by atoms with Gasteiger partial charge in [-0.25, -0.2) is 0 Å². The minimum atomic E-state index is -0.421. The fourth-order valence-electron chi connectivity index (χ4n) is 3.04. The zero-order chi connectivity index (χ0) is 19.4. The van der Waals surface area contributed by atoms with Gasteiger partial charge in [-0.3, -0.25) is 19.3 Å². The second-order valence-electron chi connectivity index (χ2n) is 6.67. The minimum absolute atomic E-state index is 0.273. The molecule has 3 amide bonds. The van der Waals surface area contributed by atoms with Crippen LogP contribution in [0.3, 0.4) is 0 Å². The van der Waals surface area contributed by atoms with E-state index in [1.54, 1.807) is 24.3 Å². The maximum Gasteiger partial charge on any atom is 0.262 e. The van der Waals surface area contributed by atoms with Gasteiger partial charge in [-0.1, -0.05) is 43.3 Å². The lowest BCUT2D eigenvalue weighted by molar-refractivity contribution is -0.121. The van der Waals surface area contributed by atoms with Gasteiger partial charge < -0.3 is 10.2 Å². The third-order valence-electron chi connectivity index (χ3n) is 4.65. The summed E-state index contributed by atoms with van der Waals surface area (Å²) in [5, 5.41) is 2.79. The SMILES string of the molecule is CCN(C)Cc1cccc(CNC(=O)CN2C(=O)c3ccccc3C2=O)c1. The number of hydrogen-bond donors (Lipinski definition) is 1. The molecule has 0 bridgehead atoms. The molecule has 0 aromatic heterocycles. The van der Waals surface area contributed by atoms with E-state index in [0.29, 0.717) is 17.7 Å². The van der Waals surface area contributed by atoms with E-state index in [4.69, 9.17) is 0 Å². The van der Waals surface area contributed by atoms with Gasteiger partial charge >= 0.3 is 0 Å². The number of carbonyl (C=O) groups is 3. The Balaban J connectivity index is 1.57. The third-order valence-corrected chi connectivity index (χ3v) is 4.65. The molecule has 0 atom stereocenters. The molecular formula is C21H23N3O3. The highest BCUT2D eigenvalue weighted by molar-refractivity contribution is 6.22. The van der Waals surface area contributed by atoms with Gasteiger partial charge in [0, 0.05) is 13.1 Å². The second-order valence-corrected chi connectivity index (χ2v) is 6.67. The summed E-state index contributed by atoms with van der Waals surface area (Å²) in [6.45, 7) is 3.98. The van der Waals surface area contributed by atoms with Crippen LogP contribution in [-0.2, 0) is 17.9 Å². The molecule has 1 heterocycles. The highest BCUT2D eigenvalue weighted by Gasteiger charge is 2.36. The predicted molar refractivity (Wildman–Crippen MR) is 102 cm³/mol. The van der Waals surface area contributed by atoms with E-state index in [1.807, 2.05) is 12.1 Å². The average Bonchev–Trinajstić information content (AvgIpc) is 2.92. The van der Waals surface area contributed by atoms with Gasteiger partial charge in [0.05, 0.1) is 11.1 Å². The molecule has 0 saturated heterocycles. The number of carbonyl (C=O) groups excluding carboxylic acids is 3. The predicted octanol–water partition coefficient (Wildman–Crippen LogP) is 2.05. The van der Waals surface area contributed by atoms with Crippen molar-refractivity contribution in [3.8, 4) is 0 Å². The quantitative estimate of drug-likeness (QED) is 0.763. The molecular weight excluding hydrogens is 342 g/mol. The Hall–Kier alpha value is -2.99. The van der Waals surface area contributed by atoms with Crippen LogP contribution in [-0.4, -0.2) is 47.7 Å². The monoisotopic (exact) mass is 365 g/mol.